The molecular formula is C29H38ClFN4O3. The largest absolute Gasteiger partial charge is 0.493 e. The van der Waals surface area contributed by atoms with Crippen LogP contribution in [0.3, 0.4) is 0 Å². The van der Waals surface area contributed by atoms with E-state index in [1.54, 1.807) is 14.2 Å². The molecule has 1 saturated carbocycles. The molecule has 0 spiro atoms. The van der Waals surface area contributed by atoms with E-state index < -0.39 is 5.82 Å². The number of urea groups is 1. The molecule has 38 heavy (non-hydrogen) atoms. The molecule has 206 valence electrons. The fourth-order valence-electron chi connectivity index (χ4n) is 6.89. The van der Waals surface area contributed by atoms with E-state index in [-0.39, 0.29) is 22.5 Å². The summed E-state index contributed by atoms with van der Waals surface area (Å²) >= 11 is 5.89. The molecule has 3 atom stereocenters. The van der Waals surface area contributed by atoms with E-state index in [9.17, 15) is 9.18 Å². The molecule has 3 fully saturated rings. The normalized spacial score (nSPS) is 26.6. The molecule has 7 nitrogen and oxygen atoms in total. The number of nitrogens with one attached hydrogen (secondary N) is 2. The molecule has 2 aromatic carbocycles. The van der Waals surface area contributed by atoms with Gasteiger partial charge in [0.1, 0.15) is 5.82 Å². The Labute approximate surface area is 229 Å². The minimum absolute atomic E-state index is 0.00202. The van der Waals surface area contributed by atoms with Crippen molar-refractivity contribution in [3.05, 3.63) is 52.8 Å². The van der Waals surface area contributed by atoms with E-state index in [1.807, 2.05) is 6.07 Å². The first kappa shape index (κ1) is 27.0. The summed E-state index contributed by atoms with van der Waals surface area (Å²) in [7, 11) is 5.55. The SMILES string of the molecule is COc1ccc(C23CCC(NC(=O)Nc4ccc(F)c(Cl)c4)CC2N(C2CCN(C)CC2)CC3)cc1OC. The van der Waals surface area contributed by atoms with Crippen LogP contribution in [-0.4, -0.2) is 74.9 Å². The van der Waals surface area contributed by atoms with Crippen LogP contribution in [0.4, 0.5) is 14.9 Å². The highest BCUT2D eigenvalue weighted by molar-refractivity contribution is 6.31. The lowest BCUT2D eigenvalue weighted by Gasteiger charge is -2.48. The Morgan fingerprint density at radius 1 is 1.03 bits per heavy atom. The van der Waals surface area contributed by atoms with Gasteiger partial charge < -0.3 is 25.0 Å². The second-order valence-electron chi connectivity index (χ2n) is 11.0. The van der Waals surface area contributed by atoms with E-state index in [2.05, 4.69) is 39.6 Å². The van der Waals surface area contributed by atoms with Crippen LogP contribution in [0.25, 0.3) is 0 Å². The molecule has 0 aromatic heterocycles. The van der Waals surface area contributed by atoms with Crippen molar-refractivity contribution in [2.75, 3.05) is 46.2 Å². The van der Waals surface area contributed by atoms with E-state index >= 15 is 0 Å². The summed E-state index contributed by atoms with van der Waals surface area (Å²) in [6.45, 7) is 3.28. The Hall–Kier alpha value is -2.55. The van der Waals surface area contributed by atoms with Crippen molar-refractivity contribution in [2.24, 2.45) is 0 Å². The number of likely N-dealkylation sites (tertiary alicyclic amines) is 2. The zero-order valence-electron chi connectivity index (χ0n) is 22.4. The van der Waals surface area contributed by atoms with Crippen LogP contribution in [0.15, 0.2) is 36.4 Å². The van der Waals surface area contributed by atoms with Crippen LogP contribution < -0.4 is 20.1 Å². The van der Waals surface area contributed by atoms with Crippen LogP contribution in [-0.2, 0) is 5.41 Å². The van der Waals surface area contributed by atoms with Crippen molar-refractivity contribution in [2.45, 2.75) is 62.1 Å². The summed E-state index contributed by atoms with van der Waals surface area (Å²) in [4.78, 5) is 18.0. The van der Waals surface area contributed by atoms with Gasteiger partial charge in [0.25, 0.3) is 0 Å². The van der Waals surface area contributed by atoms with Crippen molar-refractivity contribution in [1.82, 2.24) is 15.1 Å². The number of amides is 2. The Morgan fingerprint density at radius 2 is 1.79 bits per heavy atom. The quantitative estimate of drug-likeness (QED) is 0.518. The summed E-state index contributed by atoms with van der Waals surface area (Å²) in [6, 6.07) is 11.2. The van der Waals surface area contributed by atoms with Gasteiger partial charge in [0.2, 0.25) is 0 Å². The zero-order chi connectivity index (χ0) is 26.9. The maximum atomic E-state index is 13.5. The monoisotopic (exact) mass is 544 g/mol. The Balaban J connectivity index is 1.37. The average Bonchev–Trinajstić information content (AvgIpc) is 3.30. The number of nitrogens with zero attached hydrogens (tertiary/aromatic N) is 2. The number of hydrogen-bond acceptors (Lipinski definition) is 5. The van der Waals surface area contributed by atoms with Crippen molar-refractivity contribution in [3.63, 3.8) is 0 Å². The van der Waals surface area contributed by atoms with Gasteiger partial charge in [-0.2, -0.15) is 0 Å². The lowest BCUT2D eigenvalue weighted by Crippen LogP contribution is -2.56. The number of fused-ring (bicyclic) bond motifs is 1. The third-order valence-electron chi connectivity index (χ3n) is 8.93. The summed E-state index contributed by atoms with van der Waals surface area (Å²) in [6.07, 6.45) is 6.15. The number of carbonyl (C=O) groups is 1. The van der Waals surface area contributed by atoms with E-state index in [1.165, 1.54) is 36.6 Å². The molecule has 2 saturated heterocycles. The molecule has 1 aliphatic carbocycles. The number of benzene rings is 2. The van der Waals surface area contributed by atoms with Crippen molar-refractivity contribution < 1.29 is 18.7 Å². The summed E-state index contributed by atoms with van der Waals surface area (Å²) in [5.41, 5.74) is 1.76. The summed E-state index contributed by atoms with van der Waals surface area (Å²) < 4.78 is 24.7. The highest BCUT2D eigenvalue weighted by atomic mass is 35.5. The highest BCUT2D eigenvalue weighted by Crippen LogP contribution is 2.51. The second kappa shape index (κ2) is 11.3. The van der Waals surface area contributed by atoms with Crippen LogP contribution in [0.1, 0.15) is 44.1 Å². The van der Waals surface area contributed by atoms with Gasteiger partial charge >= 0.3 is 6.03 Å². The minimum Gasteiger partial charge on any atom is -0.493 e. The molecule has 5 rings (SSSR count). The average molecular weight is 545 g/mol. The van der Waals surface area contributed by atoms with E-state index in [4.69, 9.17) is 21.1 Å². The lowest BCUT2D eigenvalue weighted by atomic mass is 9.65. The van der Waals surface area contributed by atoms with Gasteiger partial charge in [-0.05, 0) is 101 Å². The smallest absolute Gasteiger partial charge is 0.319 e. The van der Waals surface area contributed by atoms with E-state index in [0.29, 0.717) is 17.8 Å². The van der Waals surface area contributed by atoms with Gasteiger partial charge in [0.15, 0.2) is 11.5 Å². The van der Waals surface area contributed by atoms with Gasteiger partial charge in [0.05, 0.1) is 19.2 Å². The Kier molecular flexibility index (Phi) is 8.03. The second-order valence-corrected chi connectivity index (χ2v) is 11.4. The molecule has 3 aliphatic rings. The lowest BCUT2D eigenvalue weighted by molar-refractivity contribution is 0.0673. The number of carbonyl (C=O) groups excluding carboxylic acids is 1. The first-order chi connectivity index (χ1) is 18.3. The molecule has 2 heterocycles. The molecule has 9 heteroatoms. The standard InChI is InChI=1S/C29H38ClFN4O3/c1-34-13-9-22(10-14-34)35-15-12-29(19-4-7-25(37-2)26(16-19)38-3)11-8-21(18-27(29)35)33-28(36)32-20-5-6-24(31)23(30)17-20/h4-7,16-17,21-22,27H,8-15,18H2,1-3H3,(H2,32,33,36). The molecule has 2 N–H and O–H groups in total. The van der Waals surface area contributed by atoms with Gasteiger partial charge in [0, 0.05) is 29.2 Å². The molecule has 2 aliphatic heterocycles. The third kappa shape index (κ3) is 5.31. The van der Waals surface area contributed by atoms with Gasteiger partial charge in [-0.25, -0.2) is 9.18 Å². The maximum Gasteiger partial charge on any atom is 0.319 e. The number of ether oxygens (including phenoxy) is 2. The fourth-order valence-corrected chi connectivity index (χ4v) is 7.07. The van der Waals surface area contributed by atoms with Crippen LogP contribution >= 0.6 is 11.6 Å². The molecule has 0 bridgehead atoms. The molecular weight excluding hydrogens is 507 g/mol. The van der Waals surface area contributed by atoms with Crippen LogP contribution in [0.2, 0.25) is 5.02 Å². The van der Waals surface area contributed by atoms with Crippen molar-refractivity contribution >= 4 is 23.3 Å². The van der Waals surface area contributed by atoms with Gasteiger partial charge in [-0.15, -0.1) is 0 Å². The number of piperidine rings is 1. The number of anilines is 1. The third-order valence-corrected chi connectivity index (χ3v) is 9.22. The highest BCUT2D eigenvalue weighted by Gasteiger charge is 2.53. The number of hydrogen-bond donors (Lipinski definition) is 2. The number of halogens is 2. The number of methoxy groups -OCH3 is 2. The topological polar surface area (TPSA) is 66.1 Å². The fraction of sp³-hybridized carbons (Fsp3) is 0.552. The molecule has 2 aromatic rings. The number of rotatable bonds is 6. The molecule has 0 radical (unpaired) electrons. The minimum atomic E-state index is -0.508. The first-order valence-corrected chi connectivity index (χ1v) is 13.9. The van der Waals surface area contributed by atoms with Crippen LogP contribution in [0, 0.1) is 5.82 Å². The maximum absolute atomic E-state index is 13.5. The Bertz CT molecular complexity index is 1160. The van der Waals surface area contributed by atoms with Crippen molar-refractivity contribution in [3.8, 4) is 11.5 Å². The summed E-state index contributed by atoms with van der Waals surface area (Å²) in [5, 5.41) is 5.99. The van der Waals surface area contributed by atoms with E-state index in [0.717, 1.165) is 56.8 Å². The predicted molar refractivity (Wildman–Crippen MR) is 148 cm³/mol. The Morgan fingerprint density at radius 3 is 2.50 bits per heavy atom. The van der Waals surface area contributed by atoms with Crippen molar-refractivity contribution in [1.29, 1.82) is 0 Å². The predicted octanol–water partition coefficient (Wildman–Crippen LogP) is 5.28. The molecule has 2 amide bonds. The first-order valence-electron chi connectivity index (χ1n) is 13.5. The van der Waals surface area contributed by atoms with Crippen LogP contribution in [0.5, 0.6) is 11.5 Å². The molecule has 3 unspecified atom stereocenters. The summed E-state index contributed by atoms with van der Waals surface area (Å²) in [5.74, 6) is 0.988. The zero-order valence-corrected chi connectivity index (χ0v) is 23.2. The van der Waals surface area contributed by atoms with Gasteiger partial charge in [-0.3, -0.25) is 4.90 Å². The van der Waals surface area contributed by atoms with Gasteiger partial charge in [-0.1, -0.05) is 17.7 Å².